The van der Waals surface area contributed by atoms with Crippen LogP contribution in [0.3, 0.4) is 0 Å². The molecule has 0 radical (unpaired) electrons. The van der Waals surface area contributed by atoms with Gasteiger partial charge < -0.3 is 5.73 Å². The highest BCUT2D eigenvalue weighted by Gasteiger charge is 2.12. The number of nitrogens with two attached hydrogens (primary N) is 1. The van der Waals surface area contributed by atoms with Crippen LogP contribution < -0.4 is 11.3 Å². The summed E-state index contributed by atoms with van der Waals surface area (Å²) in [4.78, 5) is 25.5. The van der Waals surface area contributed by atoms with E-state index in [2.05, 4.69) is 15.0 Å². The van der Waals surface area contributed by atoms with Crippen molar-refractivity contribution in [2.75, 3.05) is 5.73 Å². The Morgan fingerprint density at radius 1 is 0.864 bits per heavy atom. The average Bonchev–Trinajstić information content (AvgIpc) is 2.55. The van der Waals surface area contributed by atoms with Crippen molar-refractivity contribution in [3.05, 3.63) is 65.0 Å². The molecule has 0 aliphatic heterocycles. The number of fused-ring (bicyclic) bond motifs is 2. The van der Waals surface area contributed by atoms with Crippen molar-refractivity contribution in [2.24, 2.45) is 0 Å². The fourth-order valence-corrected chi connectivity index (χ4v) is 2.40. The highest BCUT2D eigenvalue weighted by molar-refractivity contribution is 5.79. The number of nitrogen functional groups attached to an aromatic ring is 1. The molecule has 106 valence electrons. The normalized spacial score (nSPS) is 11.1. The molecule has 2 aromatic heterocycles. The van der Waals surface area contributed by atoms with Crippen LogP contribution in [0, 0.1) is 0 Å². The molecule has 0 aliphatic carbocycles. The third kappa shape index (κ3) is 1.81. The summed E-state index contributed by atoms with van der Waals surface area (Å²) in [7, 11) is 0. The van der Waals surface area contributed by atoms with E-state index in [0.717, 1.165) is 5.56 Å². The molecule has 2 heterocycles. The highest BCUT2D eigenvalue weighted by Crippen LogP contribution is 2.17. The van der Waals surface area contributed by atoms with Gasteiger partial charge in [-0.3, -0.25) is 4.79 Å². The minimum Gasteiger partial charge on any atom is -0.369 e. The molecule has 4 rings (SSSR count). The van der Waals surface area contributed by atoms with Crippen LogP contribution in [-0.2, 0) is 0 Å². The lowest BCUT2D eigenvalue weighted by molar-refractivity contribution is 0.977. The molecular formula is C16H11N5O. The number of rotatable bonds is 1. The van der Waals surface area contributed by atoms with Crippen molar-refractivity contribution in [2.45, 2.75) is 0 Å². The molecule has 6 nitrogen and oxygen atoms in total. The summed E-state index contributed by atoms with van der Waals surface area (Å²) >= 11 is 0. The van der Waals surface area contributed by atoms with Crippen molar-refractivity contribution in [3.63, 3.8) is 0 Å². The van der Waals surface area contributed by atoms with Gasteiger partial charge in [0, 0.05) is 5.56 Å². The van der Waals surface area contributed by atoms with Gasteiger partial charge in [-0.2, -0.15) is 9.97 Å². The Balaban J connectivity index is 2.11. The SMILES string of the molecule is Nc1nc(-c2ccccc2)nc2nc3ccccc3c(=O)n12. The Labute approximate surface area is 124 Å². The van der Waals surface area contributed by atoms with Gasteiger partial charge in [-0.15, -0.1) is 0 Å². The smallest absolute Gasteiger partial charge is 0.269 e. The van der Waals surface area contributed by atoms with Crippen molar-refractivity contribution in [1.82, 2.24) is 19.4 Å². The third-order valence-corrected chi connectivity index (χ3v) is 3.45. The zero-order valence-corrected chi connectivity index (χ0v) is 11.5. The van der Waals surface area contributed by atoms with Crippen molar-refractivity contribution in [3.8, 4) is 11.4 Å². The van der Waals surface area contributed by atoms with Crippen molar-refractivity contribution >= 4 is 22.6 Å². The van der Waals surface area contributed by atoms with E-state index in [9.17, 15) is 4.79 Å². The van der Waals surface area contributed by atoms with Crippen LogP contribution in [0.2, 0.25) is 0 Å². The van der Waals surface area contributed by atoms with Gasteiger partial charge >= 0.3 is 0 Å². The average molecular weight is 289 g/mol. The van der Waals surface area contributed by atoms with Gasteiger partial charge in [0.2, 0.25) is 11.7 Å². The van der Waals surface area contributed by atoms with E-state index < -0.39 is 0 Å². The van der Waals surface area contributed by atoms with Crippen molar-refractivity contribution in [1.29, 1.82) is 0 Å². The fourth-order valence-electron chi connectivity index (χ4n) is 2.40. The Morgan fingerprint density at radius 3 is 2.41 bits per heavy atom. The van der Waals surface area contributed by atoms with Crippen LogP contribution in [-0.4, -0.2) is 19.4 Å². The maximum atomic E-state index is 12.5. The van der Waals surface area contributed by atoms with Crippen LogP contribution in [0.4, 0.5) is 5.95 Å². The quantitative estimate of drug-likeness (QED) is 0.541. The van der Waals surface area contributed by atoms with E-state index in [1.54, 1.807) is 18.2 Å². The van der Waals surface area contributed by atoms with Gasteiger partial charge in [-0.1, -0.05) is 42.5 Å². The molecule has 0 aliphatic rings. The molecule has 6 heteroatoms. The minimum atomic E-state index is -0.266. The lowest BCUT2D eigenvalue weighted by Gasteiger charge is -2.07. The predicted octanol–water partition coefficient (Wildman–Crippen LogP) is 1.89. The van der Waals surface area contributed by atoms with E-state index in [-0.39, 0.29) is 17.3 Å². The predicted molar refractivity (Wildman–Crippen MR) is 84.4 cm³/mol. The molecule has 22 heavy (non-hydrogen) atoms. The first-order valence-electron chi connectivity index (χ1n) is 6.74. The van der Waals surface area contributed by atoms with Gasteiger partial charge in [0.1, 0.15) is 0 Å². The topological polar surface area (TPSA) is 86.2 Å². The molecule has 4 aromatic rings. The van der Waals surface area contributed by atoms with Gasteiger partial charge in [0.25, 0.3) is 5.56 Å². The Hall–Kier alpha value is -3.28. The Kier molecular flexibility index (Phi) is 2.62. The number of aromatic nitrogens is 4. The maximum Gasteiger partial charge on any atom is 0.269 e. The molecule has 0 atom stereocenters. The van der Waals surface area contributed by atoms with Gasteiger partial charge in [-0.25, -0.2) is 9.38 Å². The second-order valence-electron chi connectivity index (χ2n) is 4.84. The van der Waals surface area contributed by atoms with Crippen LogP contribution >= 0.6 is 0 Å². The first-order chi connectivity index (χ1) is 10.7. The molecule has 0 amide bonds. The monoisotopic (exact) mass is 289 g/mol. The molecule has 0 saturated carbocycles. The lowest BCUT2D eigenvalue weighted by Crippen LogP contribution is -2.21. The van der Waals surface area contributed by atoms with Gasteiger partial charge in [0.15, 0.2) is 5.82 Å². The van der Waals surface area contributed by atoms with Crippen LogP contribution in [0.25, 0.3) is 28.1 Å². The summed E-state index contributed by atoms with van der Waals surface area (Å²) in [6, 6.07) is 16.5. The summed E-state index contributed by atoms with van der Waals surface area (Å²) in [6.45, 7) is 0. The molecule has 0 unspecified atom stereocenters. The largest absolute Gasteiger partial charge is 0.369 e. The van der Waals surface area contributed by atoms with Gasteiger partial charge in [-0.05, 0) is 12.1 Å². The summed E-state index contributed by atoms with van der Waals surface area (Å²) in [5, 5.41) is 0.489. The number of nitrogens with zero attached hydrogens (tertiary/aromatic N) is 4. The second-order valence-corrected chi connectivity index (χ2v) is 4.84. The number of hydrogen-bond donors (Lipinski definition) is 1. The fraction of sp³-hybridized carbons (Fsp3) is 0. The molecule has 0 fully saturated rings. The Bertz CT molecular complexity index is 1060. The van der Waals surface area contributed by atoms with E-state index >= 15 is 0 Å². The maximum absolute atomic E-state index is 12.5. The molecule has 2 N–H and O–H groups in total. The van der Waals surface area contributed by atoms with E-state index in [1.807, 2.05) is 36.4 Å². The molecule has 2 aromatic carbocycles. The number of hydrogen-bond acceptors (Lipinski definition) is 5. The molecular weight excluding hydrogens is 278 g/mol. The highest BCUT2D eigenvalue weighted by atomic mass is 16.1. The number of benzene rings is 2. The minimum absolute atomic E-state index is 0.0760. The van der Waals surface area contributed by atoms with Crippen LogP contribution in [0.1, 0.15) is 0 Å². The second kappa shape index (κ2) is 4.63. The standard InChI is InChI=1S/C16H11N5O/c17-15-19-13(10-6-2-1-3-7-10)20-16-18-12-9-5-4-8-11(12)14(22)21(15)16/h1-9H,(H2,17,18,19,20). The molecule has 0 spiro atoms. The summed E-state index contributed by atoms with van der Waals surface area (Å²) < 4.78 is 1.23. The zero-order chi connectivity index (χ0) is 15.1. The third-order valence-electron chi connectivity index (χ3n) is 3.45. The summed E-state index contributed by atoms with van der Waals surface area (Å²) in [6.07, 6.45) is 0. The molecule has 0 saturated heterocycles. The summed E-state index contributed by atoms with van der Waals surface area (Å²) in [5.74, 6) is 0.766. The zero-order valence-electron chi connectivity index (χ0n) is 11.5. The van der Waals surface area contributed by atoms with Gasteiger partial charge in [0.05, 0.1) is 10.9 Å². The first-order valence-corrected chi connectivity index (χ1v) is 6.74. The molecule has 0 bridgehead atoms. The Morgan fingerprint density at radius 2 is 1.59 bits per heavy atom. The van der Waals surface area contributed by atoms with E-state index in [4.69, 9.17) is 5.73 Å². The van der Waals surface area contributed by atoms with Crippen LogP contribution in [0.15, 0.2) is 59.4 Å². The number of anilines is 1. The first kappa shape index (κ1) is 12.5. The lowest BCUT2D eigenvalue weighted by atomic mass is 10.2. The van der Waals surface area contributed by atoms with E-state index in [0.29, 0.717) is 16.7 Å². The van der Waals surface area contributed by atoms with E-state index in [1.165, 1.54) is 4.40 Å². The van der Waals surface area contributed by atoms with Crippen LogP contribution in [0.5, 0.6) is 0 Å². The van der Waals surface area contributed by atoms with Crippen molar-refractivity contribution < 1.29 is 0 Å². The number of para-hydroxylation sites is 1. The summed E-state index contributed by atoms with van der Waals surface area (Å²) in [5.41, 5.74) is 7.10.